The van der Waals surface area contributed by atoms with Gasteiger partial charge in [-0.1, -0.05) is 38.1 Å². The molecule has 0 unspecified atom stereocenters. The Morgan fingerprint density at radius 1 is 0.852 bits per heavy atom. The van der Waals surface area contributed by atoms with Gasteiger partial charge < -0.3 is 4.74 Å². The van der Waals surface area contributed by atoms with Gasteiger partial charge in [0.05, 0.1) is 0 Å². The first-order chi connectivity index (χ1) is 12.2. The number of rotatable bonds is 2. The fourth-order valence-electron chi connectivity index (χ4n) is 2.58. The Balaban J connectivity index is 0.000000321. The molecule has 2 aromatic carbocycles. The number of halogens is 6. The van der Waals surface area contributed by atoms with E-state index in [1.54, 1.807) is 0 Å². The van der Waals surface area contributed by atoms with Gasteiger partial charge in [0.2, 0.25) is 9.79 Å². The van der Waals surface area contributed by atoms with Crippen LogP contribution < -0.4 is 4.74 Å². The van der Waals surface area contributed by atoms with Gasteiger partial charge in [-0.05, 0) is 37.3 Å². The molecule has 2 aromatic rings. The fourth-order valence-corrected chi connectivity index (χ4v) is 5.09. The van der Waals surface area contributed by atoms with Crippen LogP contribution in [0.5, 0.6) is 11.5 Å². The molecule has 0 amide bonds. The maximum absolute atomic E-state index is 10.7. The van der Waals surface area contributed by atoms with Crippen LogP contribution in [-0.2, 0) is 10.9 Å². The Labute approximate surface area is 156 Å². The number of hydrogen-bond donors (Lipinski definition) is 0. The van der Waals surface area contributed by atoms with Crippen LogP contribution in [0, 0.1) is 5.92 Å². The Kier molecular flexibility index (Phi) is 5.40. The van der Waals surface area contributed by atoms with E-state index in [4.69, 9.17) is 4.74 Å². The summed E-state index contributed by atoms with van der Waals surface area (Å²) >= 11 is 0. The molecule has 0 aromatic heterocycles. The summed E-state index contributed by atoms with van der Waals surface area (Å²) in [6.07, 6.45) is 2.27. The van der Waals surface area contributed by atoms with Crippen molar-refractivity contribution in [2.75, 3.05) is 0 Å². The van der Waals surface area contributed by atoms with Crippen LogP contribution in [0.15, 0.2) is 69.3 Å². The second-order valence-electron chi connectivity index (χ2n) is 6.11. The van der Waals surface area contributed by atoms with Gasteiger partial charge in [0.1, 0.15) is 15.8 Å². The molecule has 0 saturated carbocycles. The number of para-hydroxylation sites is 2. The third-order valence-corrected chi connectivity index (χ3v) is 6.18. The van der Waals surface area contributed by atoms with Crippen molar-refractivity contribution in [3.63, 3.8) is 0 Å². The normalized spacial score (nSPS) is 16.9. The number of benzene rings is 2. The van der Waals surface area contributed by atoms with E-state index in [9.17, 15) is 25.2 Å². The van der Waals surface area contributed by atoms with Crippen LogP contribution >= 0.6 is 7.81 Å². The molecule has 0 N–H and O–H groups in total. The van der Waals surface area contributed by atoms with Crippen LogP contribution in [0.2, 0.25) is 0 Å². The topological polar surface area (TPSA) is 9.23 Å². The Morgan fingerprint density at radius 2 is 1.22 bits per heavy atom. The maximum atomic E-state index is 9.87. The molecule has 0 fully saturated rings. The van der Waals surface area contributed by atoms with Gasteiger partial charge in [-0.25, -0.2) is 0 Å². The second kappa shape index (κ2) is 6.74. The summed E-state index contributed by atoms with van der Waals surface area (Å²) in [6, 6.07) is 16.8. The first kappa shape index (κ1) is 21.6. The SMILES string of the molecule is C/C=C(/C(C)C)[S+]1c2ccccc2Oc2ccccc21.F[P-](F)(F)(F)(F)F. The van der Waals surface area contributed by atoms with Crippen molar-refractivity contribution in [2.24, 2.45) is 5.92 Å². The summed E-state index contributed by atoms with van der Waals surface area (Å²) in [5.41, 5.74) is 0. The summed E-state index contributed by atoms with van der Waals surface area (Å²) in [5.74, 6) is 2.52. The number of fused-ring (bicyclic) bond motifs is 2. The molecule has 1 aliphatic heterocycles. The summed E-state index contributed by atoms with van der Waals surface area (Å²) in [5, 5.41) is 0. The number of ether oxygens (including phenoxy) is 1. The first-order valence-corrected chi connectivity index (χ1v) is 11.3. The van der Waals surface area contributed by atoms with E-state index in [0.717, 1.165) is 11.5 Å². The van der Waals surface area contributed by atoms with Crippen molar-refractivity contribution in [3.05, 3.63) is 59.5 Å². The Hall–Kier alpha value is -1.66. The van der Waals surface area contributed by atoms with Gasteiger partial charge in [0.15, 0.2) is 11.5 Å². The molecule has 1 aliphatic rings. The van der Waals surface area contributed by atoms with Gasteiger partial charge in [-0.15, -0.1) is 0 Å². The molecular weight excluding hydrogens is 409 g/mol. The predicted octanol–water partition coefficient (Wildman–Crippen LogP) is 8.77. The molecule has 0 saturated heterocycles. The minimum atomic E-state index is -10.7. The molecule has 3 rings (SSSR count). The molecule has 1 nitrogen and oxygen atoms in total. The molecular formula is C18H19F6OPS. The van der Waals surface area contributed by atoms with E-state index in [-0.39, 0.29) is 10.9 Å². The average molecular weight is 428 g/mol. The average Bonchev–Trinajstić information content (AvgIpc) is 2.51. The van der Waals surface area contributed by atoms with Crippen LogP contribution in [-0.4, -0.2) is 0 Å². The Bertz CT molecular complexity index is 805. The van der Waals surface area contributed by atoms with E-state index >= 15 is 0 Å². The van der Waals surface area contributed by atoms with Crippen LogP contribution in [0.3, 0.4) is 0 Å². The Morgan fingerprint density at radius 3 is 1.56 bits per heavy atom. The molecule has 1 heterocycles. The van der Waals surface area contributed by atoms with Gasteiger partial charge >= 0.3 is 33.0 Å². The third-order valence-electron chi connectivity index (χ3n) is 3.45. The molecule has 0 bridgehead atoms. The third kappa shape index (κ3) is 6.78. The summed E-state index contributed by atoms with van der Waals surface area (Å²) in [7, 11) is -10.7. The van der Waals surface area contributed by atoms with Gasteiger partial charge in [-0.3, -0.25) is 0 Å². The fraction of sp³-hybridized carbons (Fsp3) is 0.222. The summed E-state index contributed by atoms with van der Waals surface area (Å²) < 4.78 is 65.3. The van der Waals surface area contributed by atoms with Crippen molar-refractivity contribution in [1.82, 2.24) is 0 Å². The van der Waals surface area contributed by atoms with Crippen LogP contribution in [0.25, 0.3) is 0 Å². The molecule has 150 valence electrons. The van der Waals surface area contributed by atoms with Crippen LogP contribution in [0.1, 0.15) is 20.8 Å². The van der Waals surface area contributed by atoms with E-state index in [2.05, 4.69) is 63.2 Å². The zero-order chi connectivity index (χ0) is 20.5. The van der Waals surface area contributed by atoms with Crippen molar-refractivity contribution in [3.8, 4) is 11.5 Å². The van der Waals surface area contributed by atoms with E-state index in [1.807, 2.05) is 12.1 Å². The van der Waals surface area contributed by atoms with E-state index < -0.39 is 7.81 Å². The number of allylic oxidation sites excluding steroid dienone is 2. The monoisotopic (exact) mass is 428 g/mol. The zero-order valence-electron chi connectivity index (χ0n) is 14.8. The van der Waals surface area contributed by atoms with Gasteiger partial charge in [0.25, 0.3) is 0 Å². The quantitative estimate of drug-likeness (QED) is 0.264. The molecule has 0 spiro atoms. The standard InChI is InChI=1S/C18H19OS.F6P/c1-4-16(13(2)3)20-17-11-7-5-9-14(17)19-15-10-6-8-12-18(15)20;1-7(2,3,4,5)6/h4-13H,1-3H3;/q+1;-1/b16-4-;. The molecule has 0 atom stereocenters. The second-order valence-corrected chi connectivity index (χ2v) is 9.99. The van der Waals surface area contributed by atoms with Crippen molar-refractivity contribution >= 4 is 18.7 Å². The van der Waals surface area contributed by atoms with Crippen molar-refractivity contribution in [1.29, 1.82) is 0 Å². The van der Waals surface area contributed by atoms with Gasteiger partial charge in [0, 0.05) is 5.92 Å². The van der Waals surface area contributed by atoms with Crippen molar-refractivity contribution < 1.29 is 29.9 Å². The van der Waals surface area contributed by atoms with Crippen molar-refractivity contribution in [2.45, 2.75) is 30.6 Å². The zero-order valence-corrected chi connectivity index (χ0v) is 16.5. The molecule has 9 heteroatoms. The first-order valence-electron chi connectivity index (χ1n) is 8.00. The summed E-state index contributed by atoms with van der Waals surface area (Å²) in [4.78, 5) is 4.08. The predicted molar refractivity (Wildman–Crippen MR) is 99.0 cm³/mol. The molecule has 0 aliphatic carbocycles. The van der Waals surface area contributed by atoms with Crippen LogP contribution in [0.4, 0.5) is 25.2 Å². The number of hydrogen-bond acceptors (Lipinski definition) is 1. The minimum absolute atomic E-state index is 0.0263. The summed E-state index contributed by atoms with van der Waals surface area (Å²) in [6.45, 7) is 6.68. The van der Waals surface area contributed by atoms with Gasteiger partial charge in [-0.2, -0.15) is 0 Å². The van der Waals surface area contributed by atoms with E-state index in [1.165, 1.54) is 14.7 Å². The molecule has 0 radical (unpaired) electrons. The molecule has 27 heavy (non-hydrogen) atoms. The van der Waals surface area contributed by atoms with E-state index in [0.29, 0.717) is 5.92 Å².